The zero-order valence-electron chi connectivity index (χ0n) is 13.8. The molecule has 1 unspecified atom stereocenters. The van der Waals surface area contributed by atoms with E-state index in [0.717, 1.165) is 37.8 Å². The zero-order valence-corrected chi connectivity index (χ0v) is 13.8. The highest BCUT2D eigenvalue weighted by Gasteiger charge is 2.15. The molecule has 0 aliphatic carbocycles. The molecule has 1 aromatic rings. The molecule has 116 valence electrons. The zero-order chi connectivity index (χ0) is 15.0. The van der Waals surface area contributed by atoms with E-state index in [0.29, 0.717) is 12.0 Å². The molecule has 0 bridgehead atoms. The van der Waals surface area contributed by atoms with Gasteiger partial charge in [-0.15, -0.1) is 0 Å². The van der Waals surface area contributed by atoms with E-state index in [9.17, 15) is 0 Å². The van der Waals surface area contributed by atoms with E-state index in [4.69, 9.17) is 4.74 Å². The van der Waals surface area contributed by atoms with Crippen LogP contribution >= 0.6 is 0 Å². The van der Waals surface area contributed by atoms with Gasteiger partial charge in [0.05, 0.1) is 5.69 Å². The van der Waals surface area contributed by atoms with Crippen LogP contribution in [0.25, 0.3) is 0 Å². The summed E-state index contributed by atoms with van der Waals surface area (Å²) >= 11 is 0. The summed E-state index contributed by atoms with van der Waals surface area (Å²) in [5, 5.41) is 3.59. The normalized spacial score (nSPS) is 12.9. The van der Waals surface area contributed by atoms with Gasteiger partial charge in [-0.25, -0.2) is 4.98 Å². The van der Waals surface area contributed by atoms with Crippen molar-refractivity contribution in [2.45, 2.75) is 66.5 Å². The molecule has 0 radical (unpaired) electrons. The fourth-order valence-electron chi connectivity index (χ4n) is 2.63. The fraction of sp³-hybridized carbons (Fsp3) is 0.812. The molecule has 0 spiro atoms. The summed E-state index contributed by atoms with van der Waals surface area (Å²) in [5.74, 6) is 1.70. The van der Waals surface area contributed by atoms with E-state index in [1.54, 1.807) is 0 Å². The Bertz CT molecular complexity index is 372. The third kappa shape index (κ3) is 5.16. The van der Waals surface area contributed by atoms with Crippen LogP contribution in [-0.2, 0) is 11.3 Å². The number of hydrogen-bond donors (Lipinski definition) is 1. The van der Waals surface area contributed by atoms with Gasteiger partial charge in [0.25, 0.3) is 0 Å². The summed E-state index contributed by atoms with van der Waals surface area (Å²) in [6, 6.07) is 0.456. The Morgan fingerprint density at radius 1 is 1.30 bits per heavy atom. The quantitative estimate of drug-likeness (QED) is 0.662. The van der Waals surface area contributed by atoms with E-state index in [2.05, 4.69) is 41.8 Å². The van der Waals surface area contributed by atoms with Crippen LogP contribution in [0.15, 0.2) is 6.20 Å². The Morgan fingerprint density at radius 2 is 2.00 bits per heavy atom. The maximum absolute atomic E-state index is 5.40. The maximum atomic E-state index is 5.40. The number of ether oxygens (including phenoxy) is 1. The Kier molecular flexibility index (Phi) is 7.67. The number of imidazole rings is 1. The molecule has 0 aliphatic heterocycles. The summed E-state index contributed by atoms with van der Waals surface area (Å²) in [6.45, 7) is 13.4. The summed E-state index contributed by atoms with van der Waals surface area (Å²) in [7, 11) is 0. The maximum Gasteiger partial charge on any atom is 0.203 e. The third-order valence-electron chi connectivity index (χ3n) is 3.90. The minimum absolute atomic E-state index is 0.456. The Hall–Kier alpha value is -1.03. The lowest BCUT2D eigenvalue weighted by molar-refractivity contribution is 0.142. The van der Waals surface area contributed by atoms with Gasteiger partial charge in [0.1, 0.15) is 0 Å². The first-order valence-corrected chi connectivity index (χ1v) is 8.00. The molecule has 1 aromatic heterocycles. The van der Waals surface area contributed by atoms with Gasteiger partial charge in [-0.2, -0.15) is 0 Å². The molecule has 1 heterocycles. The lowest BCUT2D eigenvalue weighted by atomic mass is 9.96. The monoisotopic (exact) mass is 281 g/mol. The molecule has 4 nitrogen and oxygen atoms in total. The molecule has 0 aromatic carbocycles. The van der Waals surface area contributed by atoms with Gasteiger partial charge in [-0.3, -0.25) is 0 Å². The predicted molar refractivity (Wildman–Crippen MR) is 85.2 cm³/mol. The average Bonchev–Trinajstić information content (AvgIpc) is 2.76. The van der Waals surface area contributed by atoms with Crippen molar-refractivity contribution in [3.8, 4) is 0 Å². The molecule has 0 amide bonds. The van der Waals surface area contributed by atoms with Crippen molar-refractivity contribution < 1.29 is 4.74 Å². The van der Waals surface area contributed by atoms with Crippen molar-refractivity contribution in [2.24, 2.45) is 5.92 Å². The van der Waals surface area contributed by atoms with Crippen LogP contribution in [-0.4, -0.2) is 28.8 Å². The Morgan fingerprint density at radius 3 is 2.60 bits per heavy atom. The number of aromatic nitrogens is 2. The molecule has 1 atom stereocenters. The highest BCUT2D eigenvalue weighted by molar-refractivity contribution is 5.30. The van der Waals surface area contributed by atoms with Gasteiger partial charge < -0.3 is 14.6 Å². The van der Waals surface area contributed by atoms with Crippen molar-refractivity contribution in [1.29, 1.82) is 0 Å². The van der Waals surface area contributed by atoms with Gasteiger partial charge in [0.15, 0.2) is 0 Å². The minimum Gasteiger partial charge on any atom is -0.382 e. The van der Waals surface area contributed by atoms with Gasteiger partial charge >= 0.3 is 0 Å². The lowest BCUT2D eigenvalue weighted by Gasteiger charge is -2.23. The smallest absolute Gasteiger partial charge is 0.203 e. The van der Waals surface area contributed by atoms with Crippen molar-refractivity contribution in [1.82, 2.24) is 9.55 Å². The SMILES string of the molecule is CCOCCCn1cc(C)nc1NC(C)C(CC)CC. The van der Waals surface area contributed by atoms with E-state index < -0.39 is 0 Å². The molecular formula is C16H31N3O. The first-order valence-electron chi connectivity index (χ1n) is 8.00. The summed E-state index contributed by atoms with van der Waals surface area (Å²) in [4.78, 5) is 4.61. The average molecular weight is 281 g/mol. The highest BCUT2D eigenvalue weighted by Crippen LogP contribution is 2.18. The van der Waals surface area contributed by atoms with Gasteiger partial charge in [0.2, 0.25) is 5.95 Å². The van der Waals surface area contributed by atoms with E-state index >= 15 is 0 Å². The number of hydrogen-bond acceptors (Lipinski definition) is 3. The second-order valence-corrected chi connectivity index (χ2v) is 5.46. The minimum atomic E-state index is 0.456. The molecule has 0 saturated carbocycles. The number of anilines is 1. The second-order valence-electron chi connectivity index (χ2n) is 5.46. The van der Waals surface area contributed by atoms with E-state index in [-0.39, 0.29) is 0 Å². The summed E-state index contributed by atoms with van der Waals surface area (Å²) < 4.78 is 7.62. The van der Waals surface area contributed by atoms with Crippen molar-refractivity contribution in [2.75, 3.05) is 18.5 Å². The molecule has 0 aliphatic rings. The van der Waals surface area contributed by atoms with Crippen molar-refractivity contribution >= 4 is 5.95 Å². The number of nitrogens with one attached hydrogen (secondary N) is 1. The standard InChI is InChI=1S/C16H31N3O/c1-6-15(7-2)14(5)18-16-17-13(4)12-19(16)10-9-11-20-8-3/h12,14-15H,6-11H2,1-5H3,(H,17,18). The van der Waals surface area contributed by atoms with Crippen LogP contribution in [0.4, 0.5) is 5.95 Å². The molecule has 1 N–H and O–H groups in total. The first-order chi connectivity index (χ1) is 9.62. The topological polar surface area (TPSA) is 39.1 Å². The molecular weight excluding hydrogens is 250 g/mol. The number of aryl methyl sites for hydroxylation is 2. The Balaban J connectivity index is 2.60. The highest BCUT2D eigenvalue weighted by atomic mass is 16.5. The van der Waals surface area contributed by atoms with E-state index in [1.165, 1.54) is 12.8 Å². The summed E-state index contributed by atoms with van der Waals surface area (Å²) in [6.07, 6.45) is 5.55. The summed E-state index contributed by atoms with van der Waals surface area (Å²) in [5.41, 5.74) is 1.07. The van der Waals surface area contributed by atoms with E-state index in [1.807, 2.05) is 13.8 Å². The predicted octanol–water partition coefficient (Wildman–Crippen LogP) is 3.85. The first kappa shape index (κ1) is 17.0. The molecule has 0 saturated heterocycles. The van der Waals surface area contributed by atoms with Crippen LogP contribution < -0.4 is 5.32 Å². The van der Waals surface area contributed by atoms with Crippen molar-refractivity contribution in [3.05, 3.63) is 11.9 Å². The van der Waals surface area contributed by atoms with Gasteiger partial charge in [-0.05, 0) is 33.1 Å². The fourth-order valence-corrected chi connectivity index (χ4v) is 2.63. The molecule has 20 heavy (non-hydrogen) atoms. The lowest BCUT2D eigenvalue weighted by Crippen LogP contribution is -2.26. The number of nitrogens with zero attached hydrogens (tertiary/aromatic N) is 2. The van der Waals surface area contributed by atoms with Crippen LogP contribution in [0.2, 0.25) is 0 Å². The van der Waals surface area contributed by atoms with Crippen molar-refractivity contribution in [3.63, 3.8) is 0 Å². The molecule has 0 fully saturated rings. The van der Waals surface area contributed by atoms with Crippen LogP contribution in [0.3, 0.4) is 0 Å². The molecule has 1 rings (SSSR count). The van der Waals surface area contributed by atoms with Gasteiger partial charge in [0, 0.05) is 32.0 Å². The second kappa shape index (κ2) is 9.01. The van der Waals surface area contributed by atoms with Crippen LogP contribution in [0.5, 0.6) is 0 Å². The Labute approximate surface area is 123 Å². The number of rotatable bonds is 10. The van der Waals surface area contributed by atoms with Gasteiger partial charge in [-0.1, -0.05) is 26.7 Å². The molecule has 4 heteroatoms. The third-order valence-corrected chi connectivity index (χ3v) is 3.90. The van der Waals surface area contributed by atoms with Crippen LogP contribution in [0, 0.1) is 12.8 Å². The largest absolute Gasteiger partial charge is 0.382 e. The van der Waals surface area contributed by atoms with Crippen LogP contribution in [0.1, 0.15) is 52.7 Å².